The van der Waals surface area contributed by atoms with Gasteiger partial charge in [-0.25, -0.2) is 0 Å². The Morgan fingerprint density at radius 3 is 2.79 bits per heavy atom. The van der Waals surface area contributed by atoms with Crippen LogP contribution in [0.2, 0.25) is 0 Å². The maximum atomic E-state index is 10.0. The smallest absolute Gasteiger partial charge is 0.0724 e. The minimum Gasteiger partial charge on any atom is -0.389 e. The van der Waals surface area contributed by atoms with Crippen LogP contribution in [0.5, 0.6) is 0 Å². The summed E-state index contributed by atoms with van der Waals surface area (Å²) in [4.78, 5) is 0. The van der Waals surface area contributed by atoms with Crippen molar-refractivity contribution in [1.29, 1.82) is 0 Å². The first kappa shape index (κ1) is 14.1. The maximum Gasteiger partial charge on any atom is 0.0724 e. The SMILES string of the molecule is CC1(CCC(O)/C=C/c2ccccc2)C=CCCC1. The number of hydrogen-bond acceptors (Lipinski definition) is 1. The molecule has 0 bridgehead atoms. The van der Waals surface area contributed by atoms with Gasteiger partial charge in [0.05, 0.1) is 6.10 Å². The van der Waals surface area contributed by atoms with Gasteiger partial charge in [0, 0.05) is 0 Å². The summed E-state index contributed by atoms with van der Waals surface area (Å²) in [6, 6.07) is 10.1. The lowest BCUT2D eigenvalue weighted by Crippen LogP contribution is -2.18. The van der Waals surface area contributed by atoms with E-state index in [1.54, 1.807) is 0 Å². The lowest BCUT2D eigenvalue weighted by molar-refractivity contribution is 0.186. The third-order valence-electron chi connectivity index (χ3n) is 3.96. The predicted molar refractivity (Wildman–Crippen MR) is 81.8 cm³/mol. The number of hydrogen-bond donors (Lipinski definition) is 1. The summed E-state index contributed by atoms with van der Waals surface area (Å²) in [5.41, 5.74) is 1.44. The van der Waals surface area contributed by atoms with Gasteiger partial charge in [0.1, 0.15) is 0 Å². The Morgan fingerprint density at radius 2 is 2.11 bits per heavy atom. The fourth-order valence-electron chi connectivity index (χ4n) is 2.64. The number of aliphatic hydroxyl groups excluding tert-OH is 1. The van der Waals surface area contributed by atoms with Crippen LogP contribution in [0.4, 0.5) is 0 Å². The molecule has 1 aliphatic rings. The molecule has 1 heteroatoms. The number of benzene rings is 1. The molecule has 1 aliphatic carbocycles. The molecule has 0 heterocycles. The van der Waals surface area contributed by atoms with Crippen molar-refractivity contribution in [1.82, 2.24) is 0 Å². The van der Waals surface area contributed by atoms with E-state index >= 15 is 0 Å². The zero-order valence-electron chi connectivity index (χ0n) is 11.8. The zero-order valence-corrected chi connectivity index (χ0v) is 11.8. The molecule has 0 saturated heterocycles. The Kier molecular flexibility index (Phi) is 4.98. The van der Waals surface area contributed by atoms with Crippen LogP contribution < -0.4 is 0 Å². The summed E-state index contributed by atoms with van der Waals surface area (Å²) in [6.45, 7) is 2.30. The predicted octanol–water partition coefficient (Wildman–Crippen LogP) is 4.59. The van der Waals surface area contributed by atoms with Crippen LogP contribution in [-0.4, -0.2) is 11.2 Å². The van der Waals surface area contributed by atoms with Gasteiger partial charge in [-0.1, -0.05) is 61.6 Å². The molecule has 0 aliphatic heterocycles. The molecular weight excluding hydrogens is 232 g/mol. The first-order valence-electron chi connectivity index (χ1n) is 7.27. The number of rotatable bonds is 5. The van der Waals surface area contributed by atoms with Crippen LogP contribution in [0.25, 0.3) is 6.08 Å². The second kappa shape index (κ2) is 6.72. The van der Waals surface area contributed by atoms with Crippen molar-refractivity contribution in [3.05, 3.63) is 54.1 Å². The molecular formula is C18H24O. The zero-order chi connectivity index (χ0) is 13.6. The van der Waals surface area contributed by atoms with Gasteiger partial charge < -0.3 is 5.11 Å². The molecule has 2 unspecified atom stereocenters. The van der Waals surface area contributed by atoms with E-state index in [4.69, 9.17) is 0 Å². The van der Waals surface area contributed by atoms with Crippen molar-refractivity contribution >= 4 is 6.08 Å². The van der Waals surface area contributed by atoms with Gasteiger partial charge in [-0.05, 0) is 43.1 Å². The molecule has 1 nitrogen and oxygen atoms in total. The molecule has 102 valence electrons. The highest BCUT2D eigenvalue weighted by molar-refractivity contribution is 5.49. The van der Waals surface area contributed by atoms with Crippen molar-refractivity contribution in [3.8, 4) is 0 Å². The van der Waals surface area contributed by atoms with Crippen molar-refractivity contribution in [2.45, 2.75) is 45.1 Å². The second-order valence-corrected chi connectivity index (χ2v) is 5.82. The van der Waals surface area contributed by atoms with Crippen molar-refractivity contribution in [2.75, 3.05) is 0 Å². The van der Waals surface area contributed by atoms with E-state index in [9.17, 15) is 5.11 Å². The summed E-state index contributed by atoms with van der Waals surface area (Å²) in [5.74, 6) is 0. The second-order valence-electron chi connectivity index (χ2n) is 5.82. The molecule has 2 rings (SSSR count). The first-order chi connectivity index (χ1) is 9.18. The lowest BCUT2D eigenvalue weighted by atomic mass is 9.77. The molecule has 0 amide bonds. The normalized spacial score (nSPS) is 24.7. The molecule has 19 heavy (non-hydrogen) atoms. The molecule has 1 aromatic carbocycles. The Bertz CT molecular complexity index is 432. The largest absolute Gasteiger partial charge is 0.389 e. The molecule has 1 N–H and O–H groups in total. The van der Waals surface area contributed by atoms with Crippen molar-refractivity contribution in [3.63, 3.8) is 0 Å². The molecule has 0 fully saturated rings. The van der Waals surface area contributed by atoms with Gasteiger partial charge in [0.25, 0.3) is 0 Å². The Balaban J connectivity index is 1.81. The molecule has 0 spiro atoms. The van der Waals surface area contributed by atoms with Crippen LogP contribution in [0.15, 0.2) is 48.6 Å². The highest BCUT2D eigenvalue weighted by Gasteiger charge is 2.22. The highest BCUT2D eigenvalue weighted by atomic mass is 16.3. The van der Waals surface area contributed by atoms with Gasteiger partial charge in [0.15, 0.2) is 0 Å². The van der Waals surface area contributed by atoms with Crippen LogP contribution in [0.1, 0.15) is 44.6 Å². The molecule has 2 atom stereocenters. The number of aliphatic hydroxyl groups is 1. The van der Waals surface area contributed by atoms with Gasteiger partial charge in [0.2, 0.25) is 0 Å². The summed E-state index contributed by atoms with van der Waals surface area (Å²) in [5, 5.41) is 10.0. The Hall–Kier alpha value is -1.34. The average Bonchev–Trinajstić information content (AvgIpc) is 2.45. The van der Waals surface area contributed by atoms with Gasteiger partial charge in [-0.3, -0.25) is 0 Å². The third kappa shape index (κ3) is 4.68. The minimum atomic E-state index is -0.340. The lowest BCUT2D eigenvalue weighted by Gasteiger charge is -2.29. The summed E-state index contributed by atoms with van der Waals surface area (Å²) < 4.78 is 0. The van der Waals surface area contributed by atoms with E-state index < -0.39 is 0 Å². The average molecular weight is 256 g/mol. The van der Waals surface area contributed by atoms with E-state index in [0.717, 1.165) is 18.4 Å². The van der Waals surface area contributed by atoms with Crippen LogP contribution in [-0.2, 0) is 0 Å². The molecule has 1 aromatic rings. The third-order valence-corrected chi connectivity index (χ3v) is 3.96. The van der Waals surface area contributed by atoms with Gasteiger partial charge >= 0.3 is 0 Å². The summed E-state index contributed by atoms with van der Waals surface area (Å²) in [6.07, 6.45) is 13.8. The van der Waals surface area contributed by atoms with E-state index in [0.29, 0.717) is 5.41 Å². The summed E-state index contributed by atoms with van der Waals surface area (Å²) >= 11 is 0. The maximum absolute atomic E-state index is 10.0. The van der Waals surface area contributed by atoms with E-state index in [1.165, 1.54) is 19.3 Å². The topological polar surface area (TPSA) is 20.2 Å². The standard InChI is InChI=1S/C18H24O/c1-18(13-6-3-7-14-18)15-12-17(19)11-10-16-8-4-2-5-9-16/h2,4-6,8-11,13,17,19H,3,7,12,14-15H2,1H3/b11-10+. The van der Waals surface area contributed by atoms with Crippen LogP contribution >= 0.6 is 0 Å². The molecule has 0 radical (unpaired) electrons. The van der Waals surface area contributed by atoms with E-state index in [2.05, 4.69) is 31.2 Å². The van der Waals surface area contributed by atoms with Gasteiger partial charge in [-0.15, -0.1) is 0 Å². The van der Waals surface area contributed by atoms with Crippen LogP contribution in [0, 0.1) is 5.41 Å². The number of allylic oxidation sites excluding steroid dienone is 2. The Labute approximate surface area is 116 Å². The van der Waals surface area contributed by atoms with Crippen LogP contribution in [0.3, 0.4) is 0 Å². The first-order valence-corrected chi connectivity index (χ1v) is 7.27. The summed E-state index contributed by atoms with van der Waals surface area (Å²) in [7, 11) is 0. The quantitative estimate of drug-likeness (QED) is 0.764. The van der Waals surface area contributed by atoms with Crippen molar-refractivity contribution in [2.24, 2.45) is 5.41 Å². The fraction of sp³-hybridized carbons (Fsp3) is 0.444. The molecule has 0 aromatic heterocycles. The fourth-order valence-corrected chi connectivity index (χ4v) is 2.64. The minimum absolute atomic E-state index is 0.291. The molecule has 0 saturated carbocycles. The monoisotopic (exact) mass is 256 g/mol. The van der Waals surface area contributed by atoms with E-state index in [1.807, 2.05) is 30.4 Å². The van der Waals surface area contributed by atoms with E-state index in [-0.39, 0.29) is 6.10 Å². The Morgan fingerprint density at radius 1 is 1.32 bits per heavy atom. The van der Waals surface area contributed by atoms with Crippen molar-refractivity contribution < 1.29 is 5.11 Å². The highest BCUT2D eigenvalue weighted by Crippen LogP contribution is 2.35. The van der Waals surface area contributed by atoms with Gasteiger partial charge in [-0.2, -0.15) is 0 Å².